The van der Waals surface area contributed by atoms with Gasteiger partial charge in [-0.2, -0.15) is 0 Å². The van der Waals surface area contributed by atoms with Crippen LogP contribution in [-0.2, 0) is 28.1 Å². The third kappa shape index (κ3) is 2.77. The first-order valence-electron chi connectivity index (χ1n) is 9.88. The first kappa shape index (κ1) is 17.3. The topological polar surface area (TPSA) is 43.3 Å². The van der Waals surface area contributed by atoms with Crippen LogP contribution in [0.25, 0.3) is 11.1 Å². The van der Waals surface area contributed by atoms with E-state index in [9.17, 15) is 4.79 Å². The molecule has 1 amide bonds. The van der Waals surface area contributed by atoms with E-state index in [0.29, 0.717) is 13.0 Å². The fourth-order valence-corrected chi connectivity index (χ4v) is 4.81. The minimum Gasteiger partial charge on any atom is -0.376 e. The van der Waals surface area contributed by atoms with E-state index in [-0.39, 0.29) is 11.3 Å². The van der Waals surface area contributed by atoms with Gasteiger partial charge >= 0.3 is 0 Å². The Hall–Kier alpha value is -2.07. The van der Waals surface area contributed by atoms with Crippen LogP contribution in [0.5, 0.6) is 0 Å². The SMILES string of the molecule is CCOCc1cc2c3n1CCC[C@]3(CC)CCC(=O)Nc1ccccc1-2. The molecule has 4 heteroatoms. The van der Waals surface area contributed by atoms with Crippen LogP contribution in [0.15, 0.2) is 30.3 Å². The molecular weight excluding hydrogens is 324 g/mol. The molecule has 3 heterocycles. The number of carbonyl (C=O) groups excluding carboxylic acids is 1. The van der Waals surface area contributed by atoms with E-state index >= 15 is 0 Å². The normalized spacial score (nSPS) is 21.8. The molecular formula is C22H28N2O2. The molecule has 0 radical (unpaired) electrons. The molecule has 1 aromatic heterocycles. The number of aromatic nitrogens is 1. The second kappa shape index (κ2) is 6.92. The highest BCUT2D eigenvalue weighted by molar-refractivity contribution is 5.96. The number of fused-ring (bicyclic) bond motifs is 2. The smallest absolute Gasteiger partial charge is 0.224 e. The van der Waals surface area contributed by atoms with Crippen LogP contribution in [0.4, 0.5) is 5.69 Å². The van der Waals surface area contributed by atoms with Gasteiger partial charge in [-0.1, -0.05) is 25.1 Å². The van der Waals surface area contributed by atoms with Crippen molar-refractivity contribution in [3.63, 3.8) is 0 Å². The van der Waals surface area contributed by atoms with Gasteiger partial charge in [-0.25, -0.2) is 0 Å². The van der Waals surface area contributed by atoms with Gasteiger partial charge in [-0.05, 0) is 44.7 Å². The van der Waals surface area contributed by atoms with Gasteiger partial charge in [0.25, 0.3) is 0 Å². The van der Waals surface area contributed by atoms with Gasteiger partial charge in [0.1, 0.15) is 0 Å². The first-order chi connectivity index (χ1) is 12.7. The summed E-state index contributed by atoms with van der Waals surface area (Å²) in [5.41, 5.74) is 6.09. The largest absolute Gasteiger partial charge is 0.376 e. The van der Waals surface area contributed by atoms with Crippen molar-refractivity contribution in [3.05, 3.63) is 41.7 Å². The van der Waals surface area contributed by atoms with Crippen LogP contribution >= 0.6 is 0 Å². The lowest BCUT2D eigenvalue weighted by Crippen LogP contribution is -2.34. The fraction of sp³-hybridized carbons (Fsp3) is 0.500. The molecule has 2 aliphatic heterocycles. The Kier molecular flexibility index (Phi) is 4.62. The zero-order valence-corrected chi connectivity index (χ0v) is 15.8. The Morgan fingerprint density at radius 1 is 1.19 bits per heavy atom. The van der Waals surface area contributed by atoms with E-state index in [0.717, 1.165) is 50.1 Å². The lowest BCUT2D eigenvalue weighted by atomic mass is 9.70. The average Bonchev–Trinajstić information content (AvgIpc) is 3.06. The minimum atomic E-state index is 0.0762. The second-order valence-electron chi connectivity index (χ2n) is 7.52. The average molecular weight is 352 g/mol. The third-order valence-corrected chi connectivity index (χ3v) is 6.17. The van der Waals surface area contributed by atoms with Crippen molar-refractivity contribution in [1.29, 1.82) is 0 Å². The number of hydrogen-bond donors (Lipinski definition) is 1. The van der Waals surface area contributed by atoms with Crippen molar-refractivity contribution >= 4 is 11.6 Å². The predicted molar refractivity (Wildman–Crippen MR) is 104 cm³/mol. The van der Waals surface area contributed by atoms with Crippen LogP contribution in [0, 0.1) is 0 Å². The van der Waals surface area contributed by atoms with Crippen molar-refractivity contribution < 1.29 is 9.53 Å². The summed E-state index contributed by atoms with van der Waals surface area (Å²) in [4.78, 5) is 12.5. The maximum Gasteiger partial charge on any atom is 0.224 e. The number of nitrogens with zero attached hydrogens (tertiary/aromatic N) is 1. The Bertz CT molecular complexity index is 824. The number of rotatable bonds is 4. The molecule has 0 saturated carbocycles. The number of amides is 1. The number of ether oxygens (including phenoxy) is 1. The van der Waals surface area contributed by atoms with Gasteiger partial charge < -0.3 is 14.6 Å². The molecule has 4 rings (SSSR count). The van der Waals surface area contributed by atoms with Crippen molar-refractivity contribution in [2.45, 2.75) is 64.5 Å². The van der Waals surface area contributed by atoms with Crippen molar-refractivity contribution in [3.8, 4) is 11.1 Å². The quantitative estimate of drug-likeness (QED) is 0.853. The first-order valence-corrected chi connectivity index (χ1v) is 9.88. The number of benzene rings is 1. The van der Waals surface area contributed by atoms with E-state index in [4.69, 9.17) is 4.74 Å². The molecule has 0 aliphatic carbocycles. The van der Waals surface area contributed by atoms with Crippen molar-refractivity contribution in [2.24, 2.45) is 0 Å². The highest BCUT2D eigenvalue weighted by atomic mass is 16.5. The monoisotopic (exact) mass is 352 g/mol. The molecule has 26 heavy (non-hydrogen) atoms. The van der Waals surface area contributed by atoms with Gasteiger partial charge in [-0.3, -0.25) is 4.79 Å². The van der Waals surface area contributed by atoms with E-state index in [1.54, 1.807) is 0 Å². The Balaban J connectivity index is 1.97. The molecule has 1 atom stereocenters. The lowest BCUT2D eigenvalue weighted by Gasteiger charge is -2.39. The molecule has 2 aliphatic rings. The summed E-state index contributed by atoms with van der Waals surface area (Å²) in [6.45, 7) is 6.74. The van der Waals surface area contributed by atoms with Crippen molar-refractivity contribution in [2.75, 3.05) is 11.9 Å². The van der Waals surface area contributed by atoms with E-state index in [1.165, 1.54) is 17.0 Å². The molecule has 4 nitrogen and oxygen atoms in total. The minimum absolute atomic E-state index is 0.0762. The van der Waals surface area contributed by atoms with Gasteiger partial charge in [0.15, 0.2) is 0 Å². The predicted octanol–water partition coefficient (Wildman–Crippen LogP) is 4.87. The van der Waals surface area contributed by atoms with E-state index < -0.39 is 0 Å². The number of nitrogens with one attached hydrogen (secondary N) is 1. The highest BCUT2D eigenvalue weighted by Gasteiger charge is 2.40. The summed E-state index contributed by atoms with van der Waals surface area (Å²) in [6.07, 6.45) is 4.87. The van der Waals surface area contributed by atoms with Crippen LogP contribution < -0.4 is 5.32 Å². The molecule has 0 saturated heterocycles. The Morgan fingerprint density at radius 2 is 2.04 bits per heavy atom. The standard InChI is InChI=1S/C22H28N2O2/c1-3-22-11-7-13-24-16(15-26-4-2)14-18(21(22)24)17-8-5-6-9-19(17)23-20(25)10-12-22/h5-6,8-9,14H,3-4,7,10-13,15H2,1-2H3,(H,23,25)/t22-/m1/s1. The summed E-state index contributed by atoms with van der Waals surface area (Å²) in [5.74, 6) is 0.127. The zero-order valence-electron chi connectivity index (χ0n) is 15.8. The van der Waals surface area contributed by atoms with E-state index in [2.05, 4.69) is 35.0 Å². The maximum absolute atomic E-state index is 12.5. The summed E-state index contributed by atoms with van der Waals surface area (Å²) in [7, 11) is 0. The van der Waals surface area contributed by atoms with E-state index in [1.807, 2.05) is 19.1 Å². The molecule has 0 spiro atoms. The molecule has 0 bridgehead atoms. The number of hydrogen-bond acceptors (Lipinski definition) is 2. The van der Waals surface area contributed by atoms with Crippen LogP contribution in [0.2, 0.25) is 0 Å². The fourth-order valence-electron chi connectivity index (χ4n) is 4.81. The summed E-state index contributed by atoms with van der Waals surface area (Å²) in [6, 6.07) is 10.5. The highest BCUT2D eigenvalue weighted by Crippen LogP contribution is 2.48. The summed E-state index contributed by atoms with van der Waals surface area (Å²) < 4.78 is 8.26. The lowest BCUT2D eigenvalue weighted by molar-refractivity contribution is -0.116. The summed E-state index contributed by atoms with van der Waals surface area (Å²) >= 11 is 0. The second-order valence-corrected chi connectivity index (χ2v) is 7.52. The van der Waals surface area contributed by atoms with Gasteiger partial charge in [0.05, 0.1) is 6.61 Å². The summed E-state index contributed by atoms with van der Waals surface area (Å²) in [5, 5.41) is 3.14. The number of carbonyl (C=O) groups is 1. The van der Waals surface area contributed by atoms with Crippen molar-refractivity contribution in [1.82, 2.24) is 4.57 Å². The molecule has 1 N–H and O–H groups in total. The maximum atomic E-state index is 12.5. The van der Waals surface area contributed by atoms with Crippen LogP contribution in [0.1, 0.15) is 57.3 Å². The zero-order chi connectivity index (χ0) is 18.1. The van der Waals surface area contributed by atoms with Crippen LogP contribution in [-0.4, -0.2) is 17.1 Å². The number of anilines is 1. The van der Waals surface area contributed by atoms with Crippen LogP contribution in [0.3, 0.4) is 0 Å². The Labute approximate surface area is 155 Å². The molecule has 1 aromatic carbocycles. The van der Waals surface area contributed by atoms with Gasteiger partial charge in [0, 0.05) is 53.2 Å². The van der Waals surface area contributed by atoms with Gasteiger partial charge in [-0.15, -0.1) is 0 Å². The Morgan fingerprint density at radius 3 is 2.85 bits per heavy atom. The molecule has 0 unspecified atom stereocenters. The molecule has 138 valence electrons. The van der Waals surface area contributed by atoms with Gasteiger partial charge in [0.2, 0.25) is 5.91 Å². The molecule has 0 fully saturated rings. The molecule has 2 aromatic rings. The number of para-hydroxylation sites is 1. The third-order valence-electron chi connectivity index (χ3n) is 6.17.